The first kappa shape index (κ1) is 14.4. The summed E-state index contributed by atoms with van der Waals surface area (Å²) in [6, 6.07) is 12.6. The van der Waals surface area contributed by atoms with Crippen LogP contribution in [0.3, 0.4) is 0 Å². The third-order valence-corrected chi connectivity index (χ3v) is 3.37. The number of rotatable bonds is 4. The number of hydrogen-bond acceptors (Lipinski definition) is 2. The first-order valence-electron chi connectivity index (χ1n) is 6.36. The van der Waals surface area contributed by atoms with Crippen molar-refractivity contribution < 1.29 is 4.79 Å². The van der Waals surface area contributed by atoms with Crippen LogP contribution in [0.5, 0.6) is 0 Å². The molecule has 2 aromatic rings. The van der Waals surface area contributed by atoms with Crippen LogP contribution in [-0.4, -0.2) is 5.91 Å². The van der Waals surface area contributed by atoms with Gasteiger partial charge in [0.1, 0.15) is 6.04 Å². The van der Waals surface area contributed by atoms with Crippen molar-refractivity contribution in [2.75, 3.05) is 5.32 Å². The number of carbonyl (C=O) groups is 1. The largest absolute Gasteiger partial charge is 0.369 e. The van der Waals surface area contributed by atoms with Crippen molar-refractivity contribution in [3.8, 4) is 0 Å². The lowest BCUT2D eigenvalue weighted by Crippen LogP contribution is -2.28. The molecule has 20 heavy (non-hydrogen) atoms. The molecule has 1 unspecified atom stereocenters. The van der Waals surface area contributed by atoms with Crippen LogP contribution >= 0.6 is 11.6 Å². The van der Waals surface area contributed by atoms with Crippen LogP contribution in [0.4, 0.5) is 5.69 Å². The molecule has 2 aromatic carbocycles. The number of benzene rings is 2. The lowest BCUT2D eigenvalue weighted by molar-refractivity contribution is -0.118. The molecule has 104 valence electrons. The van der Waals surface area contributed by atoms with Gasteiger partial charge in [-0.1, -0.05) is 53.1 Å². The number of anilines is 1. The topological polar surface area (TPSA) is 55.1 Å². The molecule has 0 bridgehead atoms. The van der Waals surface area contributed by atoms with E-state index in [1.807, 2.05) is 44.2 Å². The fraction of sp³-hybridized carbons (Fsp3) is 0.188. The van der Waals surface area contributed by atoms with Gasteiger partial charge in [0.15, 0.2) is 0 Å². The monoisotopic (exact) mass is 288 g/mol. The number of primary amides is 1. The predicted molar refractivity (Wildman–Crippen MR) is 82.9 cm³/mol. The van der Waals surface area contributed by atoms with E-state index in [9.17, 15) is 4.79 Å². The summed E-state index contributed by atoms with van der Waals surface area (Å²) in [5, 5.41) is 3.67. The van der Waals surface area contributed by atoms with E-state index >= 15 is 0 Å². The Morgan fingerprint density at radius 1 is 1.15 bits per heavy atom. The maximum atomic E-state index is 11.8. The predicted octanol–water partition coefficient (Wildman–Crippen LogP) is 3.60. The number of halogens is 1. The Morgan fingerprint density at radius 3 is 2.30 bits per heavy atom. The van der Waals surface area contributed by atoms with Crippen LogP contribution in [0.15, 0.2) is 42.5 Å². The SMILES string of the molecule is Cc1cc(C)cc(C(Nc2ccccc2Cl)C(N)=O)c1. The summed E-state index contributed by atoms with van der Waals surface area (Å²) < 4.78 is 0. The number of para-hydroxylation sites is 1. The molecule has 3 nitrogen and oxygen atoms in total. The molecule has 1 amide bonds. The van der Waals surface area contributed by atoms with Crippen LogP contribution < -0.4 is 11.1 Å². The van der Waals surface area contributed by atoms with Gasteiger partial charge in [0.25, 0.3) is 0 Å². The van der Waals surface area contributed by atoms with E-state index in [4.69, 9.17) is 17.3 Å². The van der Waals surface area contributed by atoms with E-state index in [0.717, 1.165) is 16.7 Å². The van der Waals surface area contributed by atoms with E-state index < -0.39 is 11.9 Å². The lowest BCUT2D eigenvalue weighted by Gasteiger charge is -2.19. The fourth-order valence-corrected chi connectivity index (χ4v) is 2.42. The van der Waals surface area contributed by atoms with Gasteiger partial charge in [-0.05, 0) is 31.5 Å². The number of nitrogens with two attached hydrogens (primary N) is 1. The molecule has 0 aliphatic carbocycles. The van der Waals surface area contributed by atoms with Crippen molar-refractivity contribution in [2.45, 2.75) is 19.9 Å². The minimum Gasteiger partial charge on any atom is -0.369 e. The second-order valence-electron chi connectivity index (χ2n) is 4.88. The maximum Gasteiger partial charge on any atom is 0.244 e. The van der Waals surface area contributed by atoms with Gasteiger partial charge in [-0.15, -0.1) is 0 Å². The molecule has 3 N–H and O–H groups in total. The Morgan fingerprint density at radius 2 is 1.75 bits per heavy atom. The van der Waals surface area contributed by atoms with E-state index in [1.165, 1.54) is 0 Å². The number of aryl methyl sites for hydroxylation is 2. The molecule has 1 atom stereocenters. The molecule has 0 heterocycles. The zero-order chi connectivity index (χ0) is 14.7. The van der Waals surface area contributed by atoms with Gasteiger partial charge in [-0.25, -0.2) is 0 Å². The van der Waals surface area contributed by atoms with Crippen LogP contribution in [0.1, 0.15) is 22.7 Å². The van der Waals surface area contributed by atoms with Crippen LogP contribution in [0.2, 0.25) is 5.02 Å². The number of nitrogens with one attached hydrogen (secondary N) is 1. The summed E-state index contributed by atoms with van der Waals surface area (Å²) in [6.45, 7) is 3.98. The van der Waals surface area contributed by atoms with E-state index in [0.29, 0.717) is 10.7 Å². The summed E-state index contributed by atoms with van der Waals surface area (Å²) in [5.41, 5.74) is 9.24. The number of carbonyl (C=O) groups excluding carboxylic acids is 1. The van der Waals surface area contributed by atoms with E-state index in [-0.39, 0.29) is 0 Å². The lowest BCUT2D eigenvalue weighted by atomic mass is 10.0. The summed E-state index contributed by atoms with van der Waals surface area (Å²) >= 11 is 6.11. The van der Waals surface area contributed by atoms with Gasteiger partial charge < -0.3 is 11.1 Å². The molecular weight excluding hydrogens is 272 g/mol. The zero-order valence-electron chi connectivity index (χ0n) is 11.5. The number of amides is 1. The maximum absolute atomic E-state index is 11.8. The average molecular weight is 289 g/mol. The van der Waals surface area contributed by atoms with E-state index in [1.54, 1.807) is 6.07 Å². The highest BCUT2D eigenvalue weighted by Crippen LogP contribution is 2.26. The third-order valence-electron chi connectivity index (χ3n) is 3.04. The second kappa shape index (κ2) is 5.97. The van der Waals surface area contributed by atoms with Crippen molar-refractivity contribution in [3.63, 3.8) is 0 Å². The van der Waals surface area contributed by atoms with Crippen molar-refractivity contribution in [2.24, 2.45) is 5.73 Å². The molecule has 0 radical (unpaired) electrons. The summed E-state index contributed by atoms with van der Waals surface area (Å²) in [5.74, 6) is -0.435. The van der Waals surface area contributed by atoms with Gasteiger partial charge in [-0.3, -0.25) is 4.79 Å². The first-order valence-corrected chi connectivity index (χ1v) is 6.74. The Kier molecular flexibility index (Phi) is 4.30. The summed E-state index contributed by atoms with van der Waals surface area (Å²) in [4.78, 5) is 11.8. The first-order chi connectivity index (χ1) is 9.47. The smallest absolute Gasteiger partial charge is 0.244 e. The fourth-order valence-electron chi connectivity index (χ4n) is 2.23. The Bertz CT molecular complexity index is 620. The van der Waals surface area contributed by atoms with Crippen molar-refractivity contribution in [3.05, 3.63) is 64.2 Å². The van der Waals surface area contributed by atoms with Crippen LogP contribution in [0, 0.1) is 13.8 Å². The zero-order valence-corrected chi connectivity index (χ0v) is 12.2. The Labute approximate surface area is 123 Å². The highest BCUT2D eigenvalue weighted by molar-refractivity contribution is 6.33. The van der Waals surface area contributed by atoms with Gasteiger partial charge in [0.2, 0.25) is 5.91 Å². The highest BCUT2D eigenvalue weighted by Gasteiger charge is 2.19. The van der Waals surface area contributed by atoms with Crippen molar-refractivity contribution in [1.82, 2.24) is 0 Å². The molecule has 0 fully saturated rings. The molecule has 0 aliphatic rings. The second-order valence-corrected chi connectivity index (χ2v) is 5.29. The van der Waals surface area contributed by atoms with Crippen LogP contribution in [0.25, 0.3) is 0 Å². The van der Waals surface area contributed by atoms with Crippen molar-refractivity contribution >= 4 is 23.2 Å². The minimum absolute atomic E-state index is 0.435. The third kappa shape index (κ3) is 3.31. The summed E-state index contributed by atoms with van der Waals surface area (Å²) in [6.07, 6.45) is 0. The quantitative estimate of drug-likeness (QED) is 0.903. The normalized spacial score (nSPS) is 11.9. The molecule has 2 rings (SSSR count). The van der Waals surface area contributed by atoms with E-state index in [2.05, 4.69) is 11.4 Å². The molecule has 0 spiro atoms. The molecule has 0 aliphatic heterocycles. The molecule has 0 saturated heterocycles. The Balaban J connectivity index is 2.37. The molecule has 0 aromatic heterocycles. The van der Waals surface area contributed by atoms with Crippen molar-refractivity contribution in [1.29, 1.82) is 0 Å². The molecule has 0 saturated carbocycles. The van der Waals surface area contributed by atoms with Crippen LogP contribution in [-0.2, 0) is 4.79 Å². The average Bonchev–Trinajstić information content (AvgIpc) is 2.36. The molecule has 4 heteroatoms. The molecular formula is C16H17ClN2O. The highest BCUT2D eigenvalue weighted by atomic mass is 35.5. The Hall–Kier alpha value is -2.00. The number of hydrogen-bond donors (Lipinski definition) is 2. The van der Waals surface area contributed by atoms with Gasteiger partial charge in [0, 0.05) is 0 Å². The van der Waals surface area contributed by atoms with Gasteiger partial charge in [-0.2, -0.15) is 0 Å². The van der Waals surface area contributed by atoms with Gasteiger partial charge in [0.05, 0.1) is 10.7 Å². The summed E-state index contributed by atoms with van der Waals surface area (Å²) in [7, 11) is 0. The van der Waals surface area contributed by atoms with Gasteiger partial charge >= 0.3 is 0 Å². The minimum atomic E-state index is -0.603. The standard InChI is InChI=1S/C16H17ClN2O/c1-10-7-11(2)9-12(8-10)15(16(18)20)19-14-6-4-3-5-13(14)17/h3-9,15,19H,1-2H3,(H2,18,20).